The fourth-order valence-electron chi connectivity index (χ4n) is 2.45. The number of hydrogen-bond acceptors (Lipinski definition) is 6. The van der Waals surface area contributed by atoms with Gasteiger partial charge >= 0.3 is 0 Å². The monoisotopic (exact) mass is 359 g/mol. The van der Waals surface area contributed by atoms with Crippen LogP contribution in [0.5, 0.6) is 11.6 Å². The molecule has 0 radical (unpaired) electrons. The van der Waals surface area contributed by atoms with Gasteiger partial charge in [0.05, 0.1) is 0 Å². The second-order valence-corrected chi connectivity index (χ2v) is 5.54. The Morgan fingerprint density at radius 2 is 1.63 bits per heavy atom. The van der Waals surface area contributed by atoms with Crippen LogP contribution >= 0.6 is 0 Å². The van der Waals surface area contributed by atoms with Crippen molar-refractivity contribution in [2.24, 2.45) is 0 Å². The lowest BCUT2D eigenvalue weighted by molar-refractivity contribution is 0.462. The van der Waals surface area contributed by atoms with Gasteiger partial charge in [-0.05, 0) is 42.5 Å². The van der Waals surface area contributed by atoms with Crippen LogP contribution in [-0.2, 0) is 0 Å². The summed E-state index contributed by atoms with van der Waals surface area (Å²) in [4.78, 5) is 16.2. The Labute approximate surface area is 154 Å². The number of hydrogen-bond donors (Lipinski definition) is 1. The summed E-state index contributed by atoms with van der Waals surface area (Å²) in [5.41, 5.74) is 1.85. The van der Waals surface area contributed by atoms with E-state index >= 15 is 0 Å². The van der Waals surface area contributed by atoms with Crippen molar-refractivity contribution in [3.63, 3.8) is 0 Å². The number of nitrogens with one attached hydrogen (secondary N) is 1. The number of anilines is 2. The van der Waals surface area contributed by atoms with Gasteiger partial charge in [-0.25, -0.2) is 19.9 Å². The molecule has 132 valence electrons. The highest BCUT2D eigenvalue weighted by Crippen LogP contribution is 2.30. The second kappa shape index (κ2) is 7.57. The van der Waals surface area contributed by atoms with Gasteiger partial charge in [-0.2, -0.15) is 4.39 Å². The molecule has 0 fully saturated rings. The highest BCUT2D eigenvalue weighted by Gasteiger charge is 2.11. The maximum atomic E-state index is 13.4. The van der Waals surface area contributed by atoms with Crippen LogP contribution in [0.3, 0.4) is 0 Å². The second-order valence-electron chi connectivity index (χ2n) is 5.54. The number of halogens is 1. The van der Waals surface area contributed by atoms with Crippen molar-refractivity contribution in [2.75, 3.05) is 5.32 Å². The average Bonchev–Trinajstić information content (AvgIpc) is 2.71. The zero-order chi connectivity index (χ0) is 18.5. The Morgan fingerprint density at radius 3 is 2.41 bits per heavy atom. The van der Waals surface area contributed by atoms with E-state index in [-0.39, 0.29) is 5.88 Å². The minimum Gasteiger partial charge on any atom is -0.437 e. The molecule has 0 amide bonds. The van der Waals surface area contributed by atoms with Gasteiger partial charge < -0.3 is 10.1 Å². The van der Waals surface area contributed by atoms with Gasteiger partial charge in [0.25, 0.3) is 0 Å². The molecule has 1 aromatic carbocycles. The van der Waals surface area contributed by atoms with Gasteiger partial charge in [0.1, 0.15) is 17.3 Å². The molecule has 0 bridgehead atoms. The summed E-state index contributed by atoms with van der Waals surface area (Å²) in [6.07, 6.45) is 6.15. The van der Waals surface area contributed by atoms with Crippen molar-refractivity contribution in [1.82, 2.24) is 19.9 Å². The first-order valence-corrected chi connectivity index (χ1v) is 8.17. The molecule has 0 atom stereocenters. The molecular formula is C20H14FN5O. The van der Waals surface area contributed by atoms with Crippen LogP contribution in [0.4, 0.5) is 15.9 Å². The first-order chi connectivity index (χ1) is 13.3. The predicted octanol–water partition coefficient (Wildman–Crippen LogP) is 4.61. The van der Waals surface area contributed by atoms with Crippen molar-refractivity contribution >= 4 is 11.5 Å². The summed E-state index contributed by atoms with van der Waals surface area (Å²) in [6, 6.07) is 15.9. The van der Waals surface area contributed by atoms with Crippen molar-refractivity contribution in [1.29, 1.82) is 0 Å². The Balaban J connectivity index is 1.55. The minimum absolute atomic E-state index is 0.286. The molecule has 0 aliphatic rings. The van der Waals surface area contributed by atoms with Crippen LogP contribution in [0.1, 0.15) is 0 Å². The Morgan fingerprint density at radius 1 is 0.778 bits per heavy atom. The molecule has 0 saturated carbocycles. The molecular weight excluding hydrogens is 345 g/mol. The molecule has 4 aromatic rings. The lowest BCUT2D eigenvalue weighted by atomic mass is 10.2. The van der Waals surface area contributed by atoms with Gasteiger partial charge in [-0.3, -0.25) is 0 Å². The molecule has 0 saturated heterocycles. The molecule has 7 heteroatoms. The molecule has 27 heavy (non-hydrogen) atoms. The van der Waals surface area contributed by atoms with E-state index in [0.717, 1.165) is 11.5 Å². The van der Waals surface area contributed by atoms with Gasteiger partial charge in [0, 0.05) is 42.1 Å². The Hall–Kier alpha value is -3.87. The zero-order valence-electron chi connectivity index (χ0n) is 14.1. The highest BCUT2D eigenvalue weighted by molar-refractivity contribution is 5.64. The molecule has 4 rings (SSSR count). The average molecular weight is 359 g/mol. The Kier molecular flexibility index (Phi) is 4.65. The number of nitrogens with zero attached hydrogens (tertiary/aromatic N) is 4. The zero-order valence-corrected chi connectivity index (χ0v) is 14.1. The molecule has 0 aliphatic heterocycles. The van der Waals surface area contributed by atoms with E-state index in [0.29, 0.717) is 17.0 Å². The topological polar surface area (TPSA) is 72.8 Å². The van der Waals surface area contributed by atoms with Gasteiger partial charge in [0.2, 0.25) is 11.8 Å². The fourth-order valence-corrected chi connectivity index (χ4v) is 2.45. The van der Waals surface area contributed by atoms with Crippen LogP contribution in [0.25, 0.3) is 11.3 Å². The van der Waals surface area contributed by atoms with Crippen LogP contribution in [0.2, 0.25) is 0 Å². The van der Waals surface area contributed by atoms with Crippen LogP contribution in [0, 0.1) is 5.95 Å². The third-order valence-electron chi connectivity index (χ3n) is 3.67. The summed E-state index contributed by atoms with van der Waals surface area (Å²) < 4.78 is 19.3. The van der Waals surface area contributed by atoms with Crippen LogP contribution in [0.15, 0.2) is 79.4 Å². The molecule has 1 N–H and O–H groups in total. The fraction of sp³-hybridized carbons (Fsp3) is 0. The number of benzene rings is 1. The van der Waals surface area contributed by atoms with E-state index < -0.39 is 5.95 Å². The highest BCUT2D eigenvalue weighted by atomic mass is 19.1. The lowest BCUT2D eigenvalue weighted by Crippen LogP contribution is -1.96. The number of rotatable bonds is 5. The third-order valence-corrected chi connectivity index (χ3v) is 3.67. The van der Waals surface area contributed by atoms with Crippen molar-refractivity contribution in [3.8, 4) is 22.9 Å². The van der Waals surface area contributed by atoms with Gasteiger partial charge in [0.15, 0.2) is 0 Å². The van der Waals surface area contributed by atoms with E-state index in [4.69, 9.17) is 4.74 Å². The molecule has 0 aliphatic carbocycles. The largest absolute Gasteiger partial charge is 0.437 e. The van der Waals surface area contributed by atoms with Gasteiger partial charge in [-0.15, -0.1) is 0 Å². The normalized spacial score (nSPS) is 10.4. The number of pyridine rings is 2. The van der Waals surface area contributed by atoms with Crippen LogP contribution in [-0.4, -0.2) is 19.9 Å². The molecule has 0 unspecified atom stereocenters. The van der Waals surface area contributed by atoms with E-state index in [9.17, 15) is 4.39 Å². The minimum atomic E-state index is -0.589. The van der Waals surface area contributed by atoms with E-state index in [1.807, 2.05) is 30.3 Å². The third kappa shape index (κ3) is 4.04. The van der Waals surface area contributed by atoms with E-state index in [1.54, 1.807) is 24.4 Å². The summed E-state index contributed by atoms with van der Waals surface area (Å²) in [6.45, 7) is 0. The molecule has 0 spiro atoms. The first kappa shape index (κ1) is 16.6. The molecule has 3 aromatic heterocycles. The van der Waals surface area contributed by atoms with Crippen LogP contribution < -0.4 is 10.1 Å². The lowest BCUT2D eigenvalue weighted by Gasteiger charge is -2.10. The quantitative estimate of drug-likeness (QED) is 0.525. The van der Waals surface area contributed by atoms with Crippen molar-refractivity contribution in [3.05, 3.63) is 85.3 Å². The predicted molar refractivity (Wildman–Crippen MR) is 99.3 cm³/mol. The van der Waals surface area contributed by atoms with Crippen molar-refractivity contribution in [2.45, 2.75) is 0 Å². The maximum Gasteiger partial charge on any atom is 0.246 e. The SMILES string of the molecule is Fc1cc(-c2nccnc2Oc2ccc(Nc3ccccn3)cc2)ccn1. The molecule has 6 nitrogen and oxygen atoms in total. The standard InChI is InChI=1S/C20H14FN5O/c21-17-13-14(8-10-22-17)19-20(25-12-11-24-19)27-16-6-4-15(5-7-16)26-18-3-1-2-9-23-18/h1-13H,(H,23,26). The Bertz CT molecular complexity index is 1040. The summed E-state index contributed by atoms with van der Waals surface area (Å²) in [5, 5.41) is 3.20. The first-order valence-electron chi connectivity index (χ1n) is 8.17. The smallest absolute Gasteiger partial charge is 0.246 e. The van der Waals surface area contributed by atoms with Crippen molar-refractivity contribution < 1.29 is 9.13 Å². The van der Waals surface area contributed by atoms with E-state index in [2.05, 4.69) is 25.3 Å². The number of ether oxygens (including phenoxy) is 1. The summed E-state index contributed by atoms with van der Waals surface area (Å²) >= 11 is 0. The van der Waals surface area contributed by atoms with E-state index in [1.165, 1.54) is 24.7 Å². The summed E-state index contributed by atoms with van der Waals surface area (Å²) in [5.74, 6) is 1.03. The maximum absolute atomic E-state index is 13.4. The summed E-state index contributed by atoms with van der Waals surface area (Å²) in [7, 11) is 0. The van der Waals surface area contributed by atoms with Gasteiger partial charge in [-0.1, -0.05) is 6.07 Å². The molecule has 3 heterocycles. The number of aromatic nitrogens is 4.